The van der Waals surface area contributed by atoms with Crippen molar-refractivity contribution < 1.29 is 24.2 Å². The first-order valence-corrected chi connectivity index (χ1v) is 5.71. The van der Waals surface area contributed by atoms with E-state index in [1.165, 1.54) is 0 Å². The van der Waals surface area contributed by atoms with Crippen molar-refractivity contribution in [2.24, 2.45) is 0 Å². The van der Waals surface area contributed by atoms with Gasteiger partial charge in [0.1, 0.15) is 0 Å². The zero-order valence-corrected chi connectivity index (χ0v) is 10.1. The van der Waals surface area contributed by atoms with Crippen molar-refractivity contribution in [1.82, 2.24) is 0 Å². The van der Waals surface area contributed by atoms with E-state index in [2.05, 4.69) is 0 Å². The molecule has 0 saturated carbocycles. The SMILES string of the molecule is CC1(C)OC(=O)C(CCCCC=CC(=O)O)O1. The molecule has 0 aliphatic carbocycles. The molecule has 1 N–H and O–H groups in total. The second-order valence-corrected chi connectivity index (χ2v) is 4.45. The molecule has 1 heterocycles. The number of hydrogen-bond donors (Lipinski definition) is 1. The van der Waals surface area contributed by atoms with Crippen molar-refractivity contribution in [3.63, 3.8) is 0 Å². The van der Waals surface area contributed by atoms with Crippen LogP contribution in [0.1, 0.15) is 39.5 Å². The number of carboxylic acid groups (broad SMARTS) is 1. The summed E-state index contributed by atoms with van der Waals surface area (Å²) in [6.07, 6.45) is 5.20. The van der Waals surface area contributed by atoms with E-state index in [1.54, 1.807) is 19.9 Å². The molecule has 1 saturated heterocycles. The molecule has 1 aliphatic rings. The van der Waals surface area contributed by atoms with Gasteiger partial charge in [0.05, 0.1) is 0 Å². The third kappa shape index (κ3) is 4.99. The maximum absolute atomic E-state index is 11.4. The number of carbonyl (C=O) groups excluding carboxylic acids is 1. The maximum Gasteiger partial charge on any atom is 0.337 e. The number of aliphatic carboxylic acids is 1. The van der Waals surface area contributed by atoms with Crippen LogP contribution in [0, 0.1) is 0 Å². The lowest BCUT2D eigenvalue weighted by molar-refractivity contribution is -0.160. The minimum atomic E-state index is -0.936. The number of hydrogen-bond acceptors (Lipinski definition) is 4. The van der Waals surface area contributed by atoms with Crippen molar-refractivity contribution in [1.29, 1.82) is 0 Å². The van der Waals surface area contributed by atoms with Crippen molar-refractivity contribution in [2.45, 2.75) is 51.4 Å². The minimum Gasteiger partial charge on any atom is -0.478 e. The lowest BCUT2D eigenvalue weighted by Gasteiger charge is -2.15. The van der Waals surface area contributed by atoms with Crippen LogP contribution in [-0.4, -0.2) is 28.9 Å². The van der Waals surface area contributed by atoms with Gasteiger partial charge in [0.2, 0.25) is 5.79 Å². The Hall–Kier alpha value is -1.36. The van der Waals surface area contributed by atoms with Gasteiger partial charge in [0.15, 0.2) is 6.10 Å². The van der Waals surface area contributed by atoms with Crippen LogP contribution < -0.4 is 0 Å². The predicted octanol–water partition coefficient (Wildman–Crippen LogP) is 1.87. The van der Waals surface area contributed by atoms with E-state index >= 15 is 0 Å². The number of ether oxygens (including phenoxy) is 2. The Morgan fingerprint density at radius 1 is 1.47 bits per heavy atom. The third-order valence-electron chi connectivity index (χ3n) is 2.38. The summed E-state index contributed by atoms with van der Waals surface area (Å²) in [7, 11) is 0. The molecule has 0 bridgehead atoms. The van der Waals surface area contributed by atoms with Gasteiger partial charge in [-0.05, 0) is 25.7 Å². The first-order chi connectivity index (χ1) is 7.91. The first kappa shape index (κ1) is 13.7. The molecule has 1 atom stereocenters. The second kappa shape index (κ2) is 5.82. The van der Waals surface area contributed by atoms with Gasteiger partial charge in [0.25, 0.3) is 0 Å². The molecule has 0 aromatic heterocycles. The Labute approximate surface area is 100 Å². The smallest absolute Gasteiger partial charge is 0.337 e. The summed E-state index contributed by atoms with van der Waals surface area (Å²) in [5.74, 6) is -2.06. The monoisotopic (exact) mass is 242 g/mol. The third-order valence-corrected chi connectivity index (χ3v) is 2.38. The number of carbonyl (C=O) groups is 2. The topological polar surface area (TPSA) is 72.8 Å². The lowest BCUT2D eigenvalue weighted by Crippen LogP contribution is -2.21. The Morgan fingerprint density at radius 3 is 2.71 bits per heavy atom. The highest BCUT2D eigenvalue weighted by Crippen LogP contribution is 2.26. The van der Waals surface area contributed by atoms with E-state index in [0.29, 0.717) is 12.8 Å². The summed E-state index contributed by atoms with van der Waals surface area (Å²) in [6.45, 7) is 3.42. The summed E-state index contributed by atoms with van der Waals surface area (Å²) in [5, 5.41) is 8.37. The maximum atomic E-state index is 11.4. The molecule has 0 aromatic carbocycles. The van der Waals surface area contributed by atoms with Crippen LogP contribution in [0.15, 0.2) is 12.2 Å². The van der Waals surface area contributed by atoms with Gasteiger partial charge in [-0.25, -0.2) is 9.59 Å². The van der Waals surface area contributed by atoms with Gasteiger partial charge in [-0.15, -0.1) is 0 Å². The molecule has 0 aromatic rings. The van der Waals surface area contributed by atoms with Crippen LogP contribution in [0.2, 0.25) is 0 Å². The lowest BCUT2D eigenvalue weighted by atomic mass is 10.1. The fraction of sp³-hybridized carbons (Fsp3) is 0.667. The quantitative estimate of drug-likeness (QED) is 0.437. The highest BCUT2D eigenvalue weighted by molar-refractivity contribution is 5.79. The summed E-state index contributed by atoms with van der Waals surface area (Å²) in [6, 6.07) is 0. The fourth-order valence-corrected chi connectivity index (χ4v) is 1.68. The summed E-state index contributed by atoms with van der Waals surface area (Å²) < 4.78 is 10.4. The molecule has 0 spiro atoms. The Morgan fingerprint density at radius 2 is 2.18 bits per heavy atom. The molecule has 5 heteroatoms. The molecule has 5 nitrogen and oxygen atoms in total. The van der Waals surface area contributed by atoms with E-state index < -0.39 is 17.9 Å². The van der Waals surface area contributed by atoms with Crippen molar-refractivity contribution in [3.8, 4) is 0 Å². The van der Waals surface area contributed by atoms with Gasteiger partial charge in [0, 0.05) is 19.9 Å². The average Bonchev–Trinajstić information content (AvgIpc) is 2.45. The van der Waals surface area contributed by atoms with Gasteiger partial charge < -0.3 is 14.6 Å². The number of unbranched alkanes of at least 4 members (excludes halogenated alkanes) is 2. The van der Waals surface area contributed by atoms with Crippen LogP contribution in [0.3, 0.4) is 0 Å². The number of rotatable bonds is 6. The van der Waals surface area contributed by atoms with Crippen LogP contribution in [0.5, 0.6) is 0 Å². The van der Waals surface area contributed by atoms with Gasteiger partial charge >= 0.3 is 11.9 Å². The zero-order chi connectivity index (χ0) is 12.9. The largest absolute Gasteiger partial charge is 0.478 e. The van der Waals surface area contributed by atoms with Crippen molar-refractivity contribution in [3.05, 3.63) is 12.2 Å². The van der Waals surface area contributed by atoms with Crippen molar-refractivity contribution in [2.75, 3.05) is 0 Å². The second-order valence-electron chi connectivity index (χ2n) is 4.45. The van der Waals surface area contributed by atoms with E-state index in [1.807, 2.05) is 0 Å². The molecule has 1 unspecified atom stereocenters. The molecule has 96 valence electrons. The number of cyclic esters (lactones) is 1. The predicted molar refractivity (Wildman–Crippen MR) is 60.3 cm³/mol. The first-order valence-electron chi connectivity index (χ1n) is 5.71. The van der Waals surface area contributed by atoms with Crippen LogP contribution in [0.4, 0.5) is 0 Å². The van der Waals surface area contributed by atoms with Gasteiger partial charge in [-0.3, -0.25) is 0 Å². The highest BCUT2D eigenvalue weighted by Gasteiger charge is 2.40. The highest BCUT2D eigenvalue weighted by atomic mass is 16.8. The fourth-order valence-electron chi connectivity index (χ4n) is 1.68. The normalized spacial score (nSPS) is 22.9. The Bertz CT molecular complexity index is 319. The van der Waals surface area contributed by atoms with Crippen molar-refractivity contribution >= 4 is 11.9 Å². The molecular weight excluding hydrogens is 224 g/mol. The summed E-state index contributed by atoms with van der Waals surface area (Å²) >= 11 is 0. The minimum absolute atomic E-state index is 0.309. The number of allylic oxidation sites excluding steroid dienone is 1. The van der Waals surface area contributed by atoms with Crippen LogP contribution in [0.25, 0.3) is 0 Å². The molecule has 1 rings (SSSR count). The van der Waals surface area contributed by atoms with Gasteiger partial charge in [-0.1, -0.05) is 6.08 Å². The molecule has 1 fully saturated rings. The van der Waals surface area contributed by atoms with E-state index in [4.69, 9.17) is 14.6 Å². The Kier molecular flexibility index (Phi) is 4.69. The van der Waals surface area contributed by atoms with Gasteiger partial charge in [-0.2, -0.15) is 0 Å². The standard InChI is InChI=1S/C12H18O5/c1-12(2)16-9(11(15)17-12)7-5-3-4-6-8-10(13)14/h6,8-9H,3-5,7H2,1-2H3,(H,13,14). The average molecular weight is 242 g/mol. The van der Waals surface area contributed by atoms with E-state index in [9.17, 15) is 9.59 Å². The van der Waals surface area contributed by atoms with E-state index in [-0.39, 0.29) is 5.97 Å². The van der Waals surface area contributed by atoms with Crippen LogP contribution >= 0.6 is 0 Å². The molecule has 17 heavy (non-hydrogen) atoms. The molecule has 1 aliphatic heterocycles. The Balaban J connectivity index is 2.15. The summed E-state index contributed by atoms with van der Waals surface area (Å²) in [4.78, 5) is 21.5. The number of esters is 1. The summed E-state index contributed by atoms with van der Waals surface area (Å²) in [5.41, 5.74) is 0. The molecule has 0 amide bonds. The van der Waals surface area contributed by atoms with E-state index in [0.717, 1.165) is 18.9 Å². The number of carboxylic acids is 1. The molecule has 0 radical (unpaired) electrons. The zero-order valence-electron chi connectivity index (χ0n) is 10.1. The molecular formula is C12H18O5. The van der Waals surface area contributed by atoms with Crippen LogP contribution in [-0.2, 0) is 19.1 Å².